The maximum Gasteiger partial charge on any atom is 0.263 e. The molecule has 0 saturated heterocycles. The summed E-state index contributed by atoms with van der Waals surface area (Å²) < 4.78 is 5.13. The molecule has 0 aliphatic heterocycles. The van der Waals surface area contributed by atoms with E-state index in [0.717, 1.165) is 27.2 Å². The number of fused-ring (bicyclic) bond motifs is 1. The van der Waals surface area contributed by atoms with E-state index in [2.05, 4.69) is 20.3 Å². The van der Waals surface area contributed by atoms with Crippen molar-refractivity contribution >= 4 is 28.3 Å². The summed E-state index contributed by atoms with van der Waals surface area (Å²) in [6.45, 7) is 4.46. The van der Waals surface area contributed by atoms with E-state index in [0.29, 0.717) is 17.3 Å². The van der Waals surface area contributed by atoms with E-state index in [4.69, 9.17) is 4.74 Å². The zero-order valence-electron chi connectivity index (χ0n) is 13.1. The lowest BCUT2D eigenvalue weighted by Gasteiger charge is -2.06. The lowest BCUT2D eigenvalue weighted by atomic mass is 10.1. The van der Waals surface area contributed by atoms with Gasteiger partial charge in [-0.3, -0.25) is 4.79 Å². The molecule has 1 aromatic carbocycles. The van der Waals surface area contributed by atoms with E-state index in [1.165, 1.54) is 11.3 Å². The van der Waals surface area contributed by atoms with Crippen LogP contribution in [0.25, 0.3) is 21.6 Å². The van der Waals surface area contributed by atoms with Crippen LogP contribution in [0.1, 0.15) is 22.2 Å². The van der Waals surface area contributed by atoms with Gasteiger partial charge in [-0.1, -0.05) is 0 Å². The van der Waals surface area contributed by atoms with Crippen LogP contribution in [0.15, 0.2) is 24.5 Å². The number of ether oxygens (including phenoxy) is 1. The van der Waals surface area contributed by atoms with Gasteiger partial charge >= 0.3 is 0 Å². The van der Waals surface area contributed by atoms with Gasteiger partial charge in [0.1, 0.15) is 9.88 Å². The van der Waals surface area contributed by atoms with Crippen molar-refractivity contribution in [1.29, 1.82) is 0 Å². The van der Waals surface area contributed by atoms with Crippen molar-refractivity contribution in [3.8, 4) is 16.5 Å². The highest BCUT2D eigenvalue weighted by Crippen LogP contribution is 2.31. The molecule has 2 aromatic heterocycles. The number of hydrogen-bond donors (Lipinski definition) is 1. The Kier molecular flexibility index (Phi) is 4.20. The molecule has 7 heteroatoms. The normalized spacial score (nSPS) is 10.7. The van der Waals surface area contributed by atoms with Gasteiger partial charge in [-0.05, 0) is 31.5 Å². The van der Waals surface area contributed by atoms with E-state index in [-0.39, 0.29) is 5.91 Å². The van der Waals surface area contributed by atoms with Gasteiger partial charge < -0.3 is 10.1 Å². The number of benzene rings is 1. The molecule has 0 spiro atoms. The smallest absolute Gasteiger partial charge is 0.263 e. The molecule has 0 bridgehead atoms. The first kappa shape index (κ1) is 15.4. The first-order valence-corrected chi connectivity index (χ1v) is 7.99. The van der Waals surface area contributed by atoms with Crippen LogP contribution in [-0.2, 0) is 0 Å². The minimum Gasteiger partial charge on any atom is -0.480 e. The van der Waals surface area contributed by atoms with Crippen molar-refractivity contribution in [2.24, 2.45) is 0 Å². The van der Waals surface area contributed by atoms with Crippen LogP contribution in [-0.4, -0.2) is 34.5 Å². The molecular weight excluding hydrogens is 312 g/mol. The molecule has 0 atom stereocenters. The minimum atomic E-state index is -0.110. The predicted molar refractivity (Wildman–Crippen MR) is 89.9 cm³/mol. The van der Waals surface area contributed by atoms with Crippen LogP contribution >= 0.6 is 11.3 Å². The van der Waals surface area contributed by atoms with Gasteiger partial charge in [0.15, 0.2) is 0 Å². The zero-order chi connectivity index (χ0) is 16.4. The van der Waals surface area contributed by atoms with Crippen LogP contribution in [0.2, 0.25) is 0 Å². The van der Waals surface area contributed by atoms with Crippen molar-refractivity contribution in [2.45, 2.75) is 13.8 Å². The average molecular weight is 328 g/mol. The van der Waals surface area contributed by atoms with Gasteiger partial charge in [-0.15, -0.1) is 11.3 Å². The Bertz CT molecular complexity index is 876. The number of rotatable bonds is 4. The number of carbonyl (C=O) groups is 1. The highest BCUT2D eigenvalue weighted by atomic mass is 32.1. The molecular formula is C16H16N4O2S. The largest absolute Gasteiger partial charge is 0.480 e. The fraction of sp³-hybridized carbons (Fsp3) is 0.250. The number of aromatic nitrogens is 3. The number of carbonyl (C=O) groups excluding carboxylic acids is 1. The molecule has 0 saturated carbocycles. The molecule has 118 valence electrons. The van der Waals surface area contributed by atoms with Gasteiger partial charge in [0, 0.05) is 12.1 Å². The molecule has 1 N–H and O–H groups in total. The molecule has 2 heterocycles. The van der Waals surface area contributed by atoms with Gasteiger partial charge in [0.2, 0.25) is 5.88 Å². The van der Waals surface area contributed by atoms with E-state index in [1.807, 2.05) is 26.0 Å². The SMILES string of the molecule is CCNC(=O)c1cnc(-c2cc(C)cc3nc(OC)cnc23)s1. The number of thiazole rings is 1. The maximum absolute atomic E-state index is 11.9. The molecule has 0 radical (unpaired) electrons. The summed E-state index contributed by atoms with van der Waals surface area (Å²) >= 11 is 1.35. The van der Waals surface area contributed by atoms with Crippen LogP contribution in [0.5, 0.6) is 5.88 Å². The quantitative estimate of drug-likeness (QED) is 0.797. The second-order valence-electron chi connectivity index (χ2n) is 4.98. The Morgan fingerprint density at radius 1 is 1.30 bits per heavy atom. The second-order valence-corrected chi connectivity index (χ2v) is 6.01. The van der Waals surface area contributed by atoms with Crippen LogP contribution in [0.3, 0.4) is 0 Å². The minimum absolute atomic E-state index is 0.110. The fourth-order valence-corrected chi connectivity index (χ4v) is 3.11. The van der Waals surface area contributed by atoms with Gasteiger partial charge in [-0.2, -0.15) is 0 Å². The standard InChI is InChI=1S/C16H16N4O2S/c1-4-17-15(21)12-7-19-16(23-12)10-5-9(2)6-11-14(10)18-8-13(20-11)22-3/h5-8H,4H2,1-3H3,(H,17,21). The van der Waals surface area contributed by atoms with E-state index < -0.39 is 0 Å². The molecule has 0 unspecified atom stereocenters. The van der Waals surface area contributed by atoms with Crippen LogP contribution in [0, 0.1) is 6.92 Å². The summed E-state index contributed by atoms with van der Waals surface area (Å²) in [5.74, 6) is 0.358. The van der Waals surface area contributed by atoms with Crippen molar-refractivity contribution in [3.05, 3.63) is 35.0 Å². The molecule has 0 fully saturated rings. The van der Waals surface area contributed by atoms with E-state index >= 15 is 0 Å². The highest BCUT2D eigenvalue weighted by Gasteiger charge is 2.15. The Hall–Kier alpha value is -2.54. The van der Waals surface area contributed by atoms with Crippen LogP contribution < -0.4 is 10.1 Å². The summed E-state index contributed by atoms with van der Waals surface area (Å²) in [6.07, 6.45) is 3.18. The molecule has 6 nitrogen and oxygen atoms in total. The van der Waals surface area contributed by atoms with Crippen LogP contribution in [0.4, 0.5) is 0 Å². The third-order valence-electron chi connectivity index (χ3n) is 3.28. The summed E-state index contributed by atoms with van der Waals surface area (Å²) in [5, 5.41) is 3.53. The molecule has 3 rings (SSSR count). The van der Waals surface area contributed by atoms with Gasteiger partial charge in [0.25, 0.3) is 5.91 Å². The van der Waals surface area contributed by atoms with Crippen molar-refractivity contribution < 1.29 is 9.53 Å². The number of aryl methyl sites for hydroxylation is 1. The predicted octanol–water partition coefficient (Wildman–Crippen LogP) is 2.82. The van der Waals surface area contributed by atoms with Gasteiger partial charge in [-0.25, -0.2) is 15.0 Å². The first-order chi connectivity index (χ1) is 11.1. The Balaban J connectivity index is 2.10. The topological polar surface area (TPSA) is 77.0 Å². The van der Waals surface area contributed by atoms with Crippen molar-refractivity contribution in [3.63, 3.8) is 0 Å². The zero-order valence-corrected chi connectivity index (χ0v) is 13.9. The third kappa shape index (κ3) is 3.00. The van der Waals surface area contributed by atoms with Crippen molar-refractivity contribution in [1.82, 2.24) is 20.3 Å². The van der Waals surface area contributed by atoms with E-state index in [1.54, 1.807) is 19.5 Å². The second kappa shape index (κ2) is 6.29. The van der Waals surface area contributed by atoms with E-state index in [9.17, 15) is 4.79 Å². The maximum atomic E-state index is 11.9. The number of hydrogen-bond acceptors (Lipinski definition) is 6. The monoisotopic (exact) mass is 328 g/mol. The Morgan fingerprint density at radius 2 is 2.13 bits per heavy atom. The fourth-order valence-electron chi connectivity index (χ4n) is 2.26. The number of methoxy groups -OCH3 is 1. The summed E-state index contributed by atoms with van der Waals surface area (Å²) in [4.78, 5) is 25.7. The summed E-state index contributed by atoms with van der Waals surface area (Å²) in [7, 11) is 1.56. The third-order valence-corrected chi connectivity index (χ3v) is 4.30. The molecule has 23 heavy (non-hydrogen) atoms. The lowest BCUT2D eigenvalue weighted by molar-refractivity contribution is 0.0959. The number of nitrogens with zero attached hydrogens (tertiary/aromatic N) is 3. The summed E-state index contributed by atoms with van der Waals surface area (Å²) in [5.41, 5.74) is 3.41. The highest BCUT2D eigenvalue weighted by molar-refractivity contribution is 7.17. The average Bonchev–Trinajstić information content (AvgIpc) is 3.03. The lowest BCUT2D eigenvalue weighted by Crippen LogP contribution is -2.21. The summed E-state index contributed by atoms with van der Waals surface area (Å²) in [6, 6.07) is 3.95. The number of amides is 1. The first-order valence-electron chi connectivity index (χ1n) is 7.18. The molecule has 3 aromatic rings. The molecule has 1 amide bonds. The Morgan fingerprint density at radius 3 is 2.87 bits per heavy atom. The molecule has 0 aliphatic carbocycles. The van der Waals surface area contributed by atoms with Crippen molar-refractivity contribution in [2.75, 3.05) is 13.7 Å². The Labute approximate surface area is 137 Å². The number of nitrogens with one attached hydrogen (secondary N) is 1. The van der Waals surface area contributed by atoms with Gasteiger partial charge in [0.05, 0.1) is 30.5 Å². The molecule has 0 aliphatic rings.